The van der Waals surface area contributed by atoms with Crippen molar-refractivity contribution in [3.8, 4) is 5.75 Å². The maximum Gasteiger partial charge on any atom is 0.573 e. The molecule has 1 aromatic heterocycles. The first-order chi connectivity index (χ1) is 12.3. The number of anilines is 1. The number of hydrogen-bond acceptors (Lipinski definition) is 3. The van der Waals surface area contributed by atoms with E-state index in [1.165, 1.54) is 13.8 Å². The summed E-state index contributed by atoms with van der Waals surface area (Å²) in [5.41, 5.74) is -1.25. The lowest BCUT2D eigenvalue weighted by atomic mass is 10.2. The van der Waals surface area contributed by atoms with Gasteiger partial charge in [0.05, 0.1) is 10.7 Å². The lowest BCUT2D eigenvalue weighted by Crippen LogP contribution is -2.25. The molecule has 0 bridgehead atoms. The molecule has 0 fully saturated rings. The maximum absolute atomic E-state index is 12.9. The number of hydrogen-bond donors (Lipinski definition) is 1. The Morgan fingerprint density at radius 1 is 1.19 bits per heavy atom. The largest absolute Gasteiger partial charge is 0.573 e. The van der Waals surface area contributed by atoms with Crippen LogP contribution in [-0.4, -0.2) is 22.1 Å². The van der Waals surface area contributed by atoms with E-state index in [2.05, 4.69) is 15.2 Å². The van der Waals surface area contributed by atoms with Crippen LogP contribution in [0, 0.1) is 6.92 Å². The fourth-order valence-electron chi connectivity index (χ4n) is 2.15. The van der Waals surface area contributed by atoms with Gasteiger partial charge in [0.15, 0.2) is 5.69 Å². The third-order valence-corrected chi connectivity index (χ3v) is 3.90. The third-order valence-electron chi connectivity index (χ3n) is 3.45. The summed E-state index contributed by atoms with van der Waals surface area (Å²) in [5.74, 6) is -1.23. The molecule has 5 nitrogen and oxygen atoms in total. The number of alkyl halides is 6. The van der Waals surface area contributed by atoms with E-state index in [0.29, 0.717) is 0 Å². The monoisotopic (exact) mass is 415 g/mol. The first-order valence-electron chi connectivity index (χ1n) is 7.28. The van der Waals surface area contributed by atoms with Crippen molar-refractivity contribution in [3.05, 3.63) is 40.7 Å². The number of rotatable bonds is 4. The summed E-state index contributed by atoms with van der Waals surface area (Å²) in [6.45, 7) is 2.57. The highest BCUT2D eigenvalue weighted by atomic mass is 35.5. The molecule has 0 saturated heterocycles. The van der Waals surface area contributed by atoms with Gasteiger partial charge >= 0.3 is 12.5 Å². The average Bonchev–Trinajstić information content (AvgIpc) is 2.83. The summed E-state index contributed by atoms with van der Waals surface area (Å²) in [5, 5.41) is 5.10. The Morgan fingerprint density at radius 3 is 2.19 bits per heavy atom. The molecule has 0 aliphatic rings. The normalized spacial score (nSPS) is 13.4. The molecule has 1 N–H and O–H groups in total. The number of nitrogens with zero attached hydrogens (tertiary/aromatic N) is 2. The number of nitrogens with one attached hydrogen (secondary N) is 1. The fourth-order valence-corrected chi connectivity index (χ4v) is 2.39. The SMILES string of the molecule is Cc1c(Cl)c(C(F)(F)F)nn1C(C)C(=O)Nc1ccc(OC(F)(F)F)cc1. The van der Waals surface area contributed by atoms with E-state index in [1.54, 1.807) is 0 Å². The Kier molecular flexibility index (Phi) is 5.64. The van der Waals surface area contributed by atoms with Crippen LogP contribution in [0.5, 0.6) is 5.75 Å². The highest BCUT2D eigenvalue weighted by molar-refractivity contribution is 6.32. The van der Waals surface area contributed by atoms with E-state index in [0.717, 1.165) is 28.9 Å². The Labute approximate surface area is 153 Å². The van der Waals surface area contributed by atoms with Gasteiger partial charge in [-0.25, -0.2) is 0 Å². The van der Waals surface area contributed by atoms with Gasteiger partial charge in [-0.05, 0) is 38.1 Å². The molecule has 1 heterocycles. The van der Waals surface area contributed by atoms with Gasteiger partial charge in [-0.1, -0.05) is 11.6 Å². The minimum atomic E-state index is -4.85. The molecular formula is C15H12ClF6N3O2. The Hall–Kier alpha value is -2.43. The van der Waals surface area contributed by atoms with Crippen molar-refractivity contribution in [2.24, 2.45) is 0 Å². The molecule has 148 valence electrons. The van der Waals surface area contributed by atoms with Gasteiger partial charge in [0, 0.05) is 5.69 Å². The molecule has 0 radical (unpaired) electrons. The quantitative estimate of drug-likeness (QED) is 0.718. The lowest BCUT2D eigenvalue weighted by Gasteiger charge is -2.15. The second kappa shape index (κ2) is 7.29. The van der Waals surface area contributed by atoms with Crippen molar-refractivity contribution in [2.45, 2.75) is 32.4 Å². The zero-order valence-electron chi connectivity index (χ0n) is 13.7. The summed E-state index contributed by atoms with van der Waals surface area (Å²) in [6, 6.07) is 3.09. The van der Waals surface area contributed by atoms with Crippen LogP contribution < -0.4 is 10.1 Å². The first kappa shape index (κ1) is 20.9. The van der Waals surface area contributed by atoms with Crippen LogP contribution in [-0.2, 0) is 11.0 Å². The maximum atomic E-state index is 12.9. The van der Waals surface area contributed by atoms with Crippen LogP contribution in [0.15, 0.2) is 24.3 Å². The number of ether oxygens (including phenoxy) is 1. The van der Waals surface area contributed by atoms with Crippen LogP contribution in [0.3, 0.4) is 0 Å². The van der Waals surface area contributed by atoms with Gasteiger partial charge in [0.2, 0.25) is 5.91 Å². The van der Waals surface area contributed by atoms with Crippen molar-refractivity contribution in [1.29, 1.82) is 0 Å². The van der Waals surface area contributed by atoms with Gasteiger partial charge in [0.25, 0.3) is 0 Å². The van der Waals surface area contributed by atoms with Gasteiger partial charge in [-0.15, -0.1) is 13.2 Å². The highest BCUT2D eigenvalue weighted by Gasteiger charge is 2.39. The van der Waals surface area contributed by atoms with Gasteiger partial charge < -0.3 is 10.1 Å². The number of aromatic nitrogens is 2. The molecule has 2 rings (SSSR count). The highest BCUT2D eigenvalue weighted by Crippen LogP contribution is 2.36. The molecule has 12 heteroatoms. The van der Waals surface area contributed by atoms with E-state index in [1.807, 2.05) is 0 Å². The first-order valence-corrected chi connectivity index (χ1v) is 7.66. The average molecular weight is 416 g/mol. The Bertz CT molecular complexity index is 830. The smallest absolute Gasteiger partial charge is 0.406 e. The summed E-state index contributed by atoms with van der Waals surface area (Å²) >= 11 is 5.64. The van der Waals surface area contributed by atoms with Crippen molar-refractivity contribution in [1.82, 2.24) is 9.78 Å². The molecule has 27 heavy (non-hydrogen) atoms. The second-order valence-corrected chi connectivity index (χ2v) is 5.81. The van der Waals surface area contributed by atoms with Crippen molar-refractivity contribution < 1.29 is 35.9 Å². The number of carbonyl (C=O) groups excluding carboxylic acids is 1. The van der Waals surface area contributed by atoms with Gasteiger partial charge in [0.1, 0.15) is 11.8 Å². The van der Waals surface area contributed by atoms with E-state index in [4.69, 9.17) is 11.6 Å². The summed E-state index contributed by atoms with van der Waals surface area (Å²) in [7, 11) is 0. The van der Waals surface area contributed by atoms with Crippen LogP contribution in [0.4, 0.5) is 32.0 Å². The van der Waals surface area contributed by atoms with Crippen molar-refractivity contribution in [3.63, 3.8) is 0 Å². The van der Waals surface area contributed by atoms with E-state index in [-0.39, 0.29) is 11.4 Å². The van der Waals surface area contributed by atoms with Crippen LogP contribution in [0.2, 0.25) is 5.02 Å². The molecule has 1 amide bonds. The van der Waals surface area contributed by atoms with E-state index < -0.39 is 41.0 Å². The zero-order valence-corrected chi connectivity index (χ0v) is 14.5. The zero-order chi connectivity index (χ0) is 20.6. The third kappa shape index (κ3) is 5.06. The molecule has 1 atom stereocenters. The summed E-state index contributed by atoms with van der Waals surface area (Å²) in [6.07, 6.45) is -9.63. The molecule has 2 aromatic rings. The van der Waals surface area contributed by atoms with Gasteiger partial charge in [-0.2, -0.15) is 18.3 Å². The van der Waals surface area contributed by atoms with E-state index >= 15 is 0 Å². The number of halogens is 7. The van der Waals surface area contributed by atoms with Crippen LogP contribution >= 0.6 is 11.6 Å². The minimum Gasteiger partial charge on any atom is -0.406 e. The molecule has 0 aliphatic heterocycles. The van der Waals surface area contributed by atoms with Gasteiger partial charge in [-0.3, -0.25) is 9.48 Å². The molecule has 0 spiro atoms. The number of benzene rings is 1. The predicted molar refractivity (Wildman–Crippen MR) is 83.4 cm³/mol. The standard InChI is InChI=1S/C15H12ClF6N3O2/c1-7-11(16)12(14(17,18)19)24-25(7)8(2)13(26)23-9-3-5-10(6-4-9)27-15(20,21)22/h3-6,8H,1-2H3,(H,23,26). The Morgan fingerprint density at radius 2 is 1.74 bits per heavy atom. The molecular weight excluding hydrogens is 404 g/mol. The van der Waals surface area contributed by atoms with Crippen LogP contribution in [0.1, 0.15) is 24.4 Å². The molecule has 1 aromatic carbocycles. The van der Waals surface area contributed by atoms with Crippen molar-refractivity contribution >= 4 is 23.2 Å². The lowest BCUT2D eigenvalue weighted by molar-refractivity contribution is -0.274. The summed E-state index contributed by atoms with van der Waals surface area (Å²) in [4.78, 5) is 12.2. The molecule has 0 aliphatic carbocycles. The Balaban J connectivity index is 2.15. The summed E-state index contributed by atoms with van der Waals surface area (Å²) < 4.78 is 79.4. The topological polar surface area (TPSA) is 56.2 Å². The second-order valence-electron chi connectivity index (χ2n) is 5.43. The van der Waals surface area contributed by atoms with E-state index in [9.17, 15) is 31.1 Å². The molecule has 0 saturated carbocycles. The molecule has 1 unspecified atom stereocenters. The predicted octanol–water partition coefficient (Wildman–Crippen LogP) is 4.96. The number of carbonyl (C=O) groups is 1. The van der Waals surface area contributed by atoms with Crippen molar-refractivity contribution in [2.75, 3.05) is 5.32 Å². The van der Waals surface area contributed by atoms with Crippen LogP contribution in [0.25, 0.3) is 0 Å². The number of amides is 1. The fraction of sp³-hybridized carbons (Fsp3) is 0.333. The minimum absolute atomic E-state index is 0.0550.